The summed E-state index contributed by atoms with van der Waals surface area (Å²) in [4.78, 5) is 11.7. The molecular weight excluding hydrogens is 287 g/mol. The van der Waals surface area contributed by atoms with Crippen molar-refractivity contribution < 1.29 is 9.90 Å². The molecule has 0 aromatic heterocycles. The lowest BCUT2D eigenvalue weighted by Crippen LogP contribution is -2.32. The minimum absolute atomic E-state index is 0.221. The van der Waals surface area contributed by atoms with E-state index in [2.05, 4.69) is 10.6 Å². The summed E-state index contributed by atoms with van der Waals surface area (Å²) in [5, 5.41) is 15.8. The van der Waals surface area contributed by atoms with Crippen molar-refractivity contribution in [3.8, 4) is 0 Å². The van der Waals surface area contributed by atoms with Gasteiger partial charge in [0.05, 0.1) is 6.10 Å². The van der Waals surface area contributed by atoms with E-state index in [1.54, 1.807) is 18.2 Å². The number of amides is 2. The van der Waals surface area contributed by atoms with Crippen molar-refractivity contribution in [2.75, 3.05) is 11.9 Å². The number of urea groups is 1. The summed E-state index contributed by atoms with van der Waals surface area (Å²) in [7, 11) is 0. The Labute approximate surface area is 122 Å². The average molecular weight is 303 g/mol. The van der Waals surface area contributed by atoms with Crippen LogP contribution in [0.5, 0.6) is 0 Å². The first-order chi connectivity index (χ1) is 9.02. The van der Waals surface area contributed by atoms with Crippen LogP contribution >= 0.6 is 23.2 Å². The van der Waals surface area contributed by atoms with Crippen LogP contribution in [0.15, 0.2) is 18.2 Å². The number of benzene rings is 1. The molecule has 0 radical (unpaired) electrons. The van der Waals surface area contributed by atoms with Gasteiger partial charge < -0.3 is 15.7 Å². The molecule has 1 aromatic rings. The van der Waals surface area contributed by atoms with E-state index >= 15 is 0 Å². The van der Waals surface area contributed by atoms with Crippen LogP contribution in [-0.2, 0) is 0 Å². The maximum absolute atomic E-state index is 11.7. The largest absolute Gasteiger partial charge is 0.393 e. The highest BCUT2D eigenvalue weighted by Crippen LogP contribution is 2.25. The van der Waals surface area contributed by atoms with Crippen molar-refractivity contribution in [2.45, 2.75) is 25.4 Å². The van der Waals surface area contributed by atoms with E-state index in [1.807, 2.05) is 0 Å². The summed E-state index contributed by atoms with van der Waals surface area (Å²) < 4.78 is 0. The van der Waals surface area contributed by atoms with E-state index in [0.717, 1.165) is 19.3 Å². The van der Waals surface area contributed by atoms with E-state index in [0.29, 0.717) is 28.2 Å². The first-order valence-electron chi connectivity index (χ1n) is 6.22. The molecule has 4 nitrogen and oxygen atoms in total. The monoisotopic (exact) mass is 302 g/mol. The van der Waals surface area contributed by atoms with Gasteiger partial charge in [-0.3, -0.25) is 0 Å². The van der Waals surface area contributed by atoms with Crippen LogP contribution in [-0.4, -0.2) is 23.8 Å². The second-order valence-corrected chi connectivity index (χ2v) is 5.70. The molecule has 0 heterocycles. The number of aliphatic hydroxyl groups excluding tert-OH is 1. The number of anilines is 1. The summed E-state index contributed by atoms with van der Waals surface area (Å²) in [6.07, 6.45) is 2.30. The second-order valence-electron chi connectivity index (χ2n) is 4.83. The Morgan fingerprint density at radius 3 is 2.53 bits per heavy atom. The van der Waals surface area contributed by atoms with Gasteiger partial charge >= 0.3 is 6.03 Å². The number of carbonyl (C=O) groups excluding carboxylic acids is 1. The molecule has 1 aromatic carbocycles. The van der Waals surface area contributed by atoms with E-state index in [-0.39, 0.29) is 12.1 Å². The van der Waals surface area contributed by atoms with Gasteiger partial charge in [-0.15, -0.1) is 0 Å². The molecule has 0 aliphatic heterocycles. The quantitative estimate of drug-likeness (QED) is 0.802. The number of halogens is 2. The zero-order valence-electron chi connectivity index (χ0n) is 10.3. The lowest BCUT2D eigenvalue weighted by Gasteiger charge is -2.12. The molecule has 3 N–H and O–H groups in total. The van der Waals surface area contributed by atoms with Crippen molar-refractivity contribution >= 4 is 34.9 Å². The van der Waals surface area contributed by atoms with Crippen molar-refractivity contribution in [2.24, 2.45) is 5.92 Å². The first kappa shape index (κ1) is 14.4. The van der Waals surface area contributed by atoms with Crippen LogP contribution in [0.4, 0.5) is 10.5 Å². The minimum Gasteiger partial charge on any atom is -0.393 e. The first-order valence-corrected chi connectivity index (χ1v) is 6.97. The topological polar surface area (TPSA) is 61.4 Å². The van der Waals surface area contributed by atoms with Crippen LogP contribution in [0.25, 0.3) is 0 Å². The highest BCUT2D eigenvalue weighted by Gasteiger charge is 2.22. The Hall–Kier alpha value is -0.970. The molecular formula is C13H16Cl2N2O2. The van der Waals surface area contributed by atoms with Gasteiger partial charge in [-0.2, -0.15) is 0 Å². The van der Waals surface area contributed by atoms with Crippen LogP contribution in [0, 0.1) is 5.92 Å². The SMILES string of the molecule is O=C(NCC1CCC(O)C1)Nc1cc(Cl)cc(Cl)c1. The molecule has 1 saturated carbocycles. The third kappa shape index (κ3) is 4.56. The lowest BCUT2D eigenvalue weighted by atomic mass is 10.1. The number of hydrogen-bond acceptors (Lipinski definition) is 2. The number of rotatable bonds is 3. The van der Waals surface area contributed by atoms with Gasteiger partial charge in [-0.25, -0.2) is 4.79 Å². The van der Waals surface area contributed by atoms with E-state index < -0.39 is 0 Å². The standard InChI is InChI=1S/C13H16Cl2N2O2/c14-9-4-10(15)6-11(5-9)17-13(19)16-7-8-1-2-12(18)3-8/h4-6,8,12,18H,1-3,7H2,(H2,16,17,19). The number of nitrogens with one attached hydrogen (secondary N) is 2. The Morgan fingerprint density at radius 2 is 1.95 bits per heavy atom. The average Bonchev–Trinajstić information content (AvgIpc) is 2.71. The highest BCUT2D eigenvalue weighted by atomic mass is 35.5. The number of aliphatic hydroxyl groups is 1. The van der Waals surface area contributed by atoms with Crippen LogP contribution < -0.4 is 10.6 Å². The molecule has 1 fully saturated rings. The number of hydrogen-bond donors (Lipinski definition) is 3. The van der Waals surface area contributed by atoms with Gasteiger partial charge in [0.2, 0.25) is 0 Å². The molecule has 2 unspecified atom stereocenters. The van der Waals surface area contributed by atoms with E-state index in [4.69, 9.17) is 23.2 Å². The van der Waals surface area contributed by atoms with Gasteiger partial charge in [-0.1, -0.05) is 23.2 Å². The highest BCUT2D eigenvalue weighted by molar-refractivity contribution is 6.35. The third-order valence-corrected chi connectivity index (χ3v) is 3.62. The van der Waals surface area contributed by atoms with Crippen molar-refractivity contribution in [1.82, 2.24) is 5.32 Å². The van der Waals surface area contributed by atoms with Gasteiger partial charge in [-0.05, 0) is 43.4 Å². The molecule has 19 heavy (non-hydrogen) atoms. The van der Waals surface area contributed by atoms with Gasteiger partial charge in [0, 0.05) is 22.3 Å². The molecule has 0 saturated heterocycles. The maximum atomic E-state index is 11.7. The van der Waals surface area contributed by atoms with Gasteiger partial charge in [0.15, 0.2) is 0 Å². The number of carbonyl (C=O) groups is 1. The Kier molecular flexibility index (Phi) is 4.91. The fourth-order valence-corrected chi connectivity index (χ4v) is 2.80. The molecule has 2 atom stereocenters. The van der Waals surface area contributed by atoms with Crippen molar-refractivity contribution in [3.05, 3.63) is 28.2 Å². The molecule has 1 aliphatic carbocycles. The zero-order chi connectivity index (χ0) is 13.8. The molecule has 0 bridgehead atoms. The van der Waals surface area contributed by atoms with Crippen LogP contribution in [0.2, 0.25) is 10.0 Å². The van der Waals surface area contributed by atoms with Gasteiger partial charge in [0.25, 0.3) is 0 Å². The molecule has 2 amide bonds. The van der Waals surface area contributed by atoms with E-state index in [1.165, 1.54) is 0 Å². The van der Waals surface area contributed by atoms with Crippen molar-refractivity contribution in [3.63, 3.8) is 0 Å². The summed E-state index contributed by atoms with van der Waals surface area (Å²) in [6, 6.07) is 4.57. The fourth-order valence-electron chi connectivity index (χ4n) is 2.27. The summed E-state index contributed by atoms with van der Waals surface area (Å²) in [5.41, 5.74) is 0.557. The molecule has 6 heteroatoms. The van der Waals surface area contributed by atoms with Crippen LogP contribution in [0.1, 0.15) is 19.3 Å². The lowest BCUT2D eigenvalue weighted by molar-refractivity contribution is 0.177. The summed E-state index contributed by atoms with van der Waals surface area (Å²) in [6.45, 7) is 0.567. The van der Waals surface area contributed by atoms with Crippen molar-refractivity contribution in [1.29, 1.82) is 0 Å². The Morgan fingerprint density at radius 1 is 1.26 bits per heavy atom. The van der Waals surface area contributed by atoms with Crippen LogP contribution in [0.3, 0.4) is 0 Å². The molecule has 2 rings (SSSR count). The third-order valence-electron chi connectivity index (χ3n) is 3.19. The summed E-state index contributed by atoms with van der Waals surface area (Å²) in [5.74, 6) is 0.351. The predicted octanol–water partition coefficient (Wildman–Crippen LogP) is 3.28. The summed E-state index contributed by atoms with van der Waals surface area (Å²) >= 11 is 11.7. The molecule has 104 valence electrons. The van der Waals surface area contributed by atoms with Gasteiger partial charge in [0.1, 0.15) is 0 Å². The molecule has 0 spiro atoms. The normalized spacial score (nSPS) is 22.3. The zero-order valence-corrected chi connectivity index (χ0v) is 11.8. The smallest absolute Gasteiger partial charge is 0.319 e. The minimum atomic E-state index is -0.292. The predicted molar refractivity (Wildman–Crippen MR) is 76.8 cm³/mol. The Bertz CT molecular complexity index is 448. The maximum Gasteiger partial charge on any atom is 0.319 e. The molecule has 1 aliphatic rings. The Balaban J connectivity index is 1.80. The second kappa shape index (κ2) is 6.46. The van der Waals surface area contributed by atoms with E-state index in [9.17, 15) is 9.90 Å². The fraction of sp³-hybridized carbons (Fsp3) is 0.462.